The number of aliphatic imine (C=N–C) groups is 3. The maximum absolute atomic E-state index is 12.3. The minimum atomic E-state index is -0.921. The second-order valence-corrected chi connectivity index (χ2v) is 25.3. The normalized spacial score (nSPS) is 11.2. The number of carbonyl (C=O) groups excluding carboxylic acids is 2. The van der Waals surface area contributed by atoms with Crippen molar-refractivity contribution in [2.45, 2.75) is 88.5 Å². The first-order chi connectivity index (χ1) is 43.6. The molecule has 3 heterocycles. The van der Waals surface area contributed by atoms with Crippen molar-refractivity contribution >= 4 is 87.9 Å². The van der Waals surface area contributed by atoms with Crippen LogP contribution in [0.15, 0.2) is 140 Å². The van der Waals surface area contributed by atoms with Gasteiger partial charge < -0.3 is 30.0 Å². The summed E-state index contributed by atoms with van der Waals surface area (Å²) < 4.78 is 0. The molecule has 0 aliphatic heterocycles. The number of thiazole rings is 3. The van der Waals surface area contributed by atoms with E-state index in [2.05, 4.69) is 140 Å². The van der Waals surface area contributed by atoms with Crippen molar-refractivity contribution in [3.05, 3.63) is 207 Å². The molecule has 0 atom stereocenters. The van der Waals surface area contributed by atoms with E-state index in [9.17, 15) is 14.4 Å². The zero-order valence-electron chi connectivity index (χ0n) is 55.2. The third-order valence-corrected chi connectivity index (χ3v) is 18.2. The van der Waals surface area contributed by atoms with Gasteiger partial charge in [0.15, 0.2) is 0 Å². The van der Waals surface area contributed by atoms with Crippen molar-refractivity contribution < 1.29 is 19.5 Å². The smallest absolute Gasteiger partial charge is 0.335 e. The maximum Gasteiger partial charge on any atom is 0.335 e. The first-order valence-corrected chi connectivity index (χ1v) is 33.1. The Hall–Kier alpha value is -8.97. The van der Waals surface area contributed by atoms with Crippen molar-refractivity contribution in [3.8, 4) is 33.8 Å². The summed E-state index contributed by atoms with van der Waals surface area (Å²) in [5.41, 5.74) is 21.3. The largest absolute Gasteiger partial charge is 0.478 e. The predicted molar refractivity (Wildman–Crippen MR) is 381 cm³/mol. The molecule has 0 spiro atoms. The average molecular weight is 1280 g/mol. The number of amides is 2. The molecule has 0 unspecified atom stereocenters. The molecule has 0 fully saturated rings. The van der Waals surface area contributed by atoms with Gasteiger partial charge in [-0.2, -0.15) is 0 Å². The van der Waals surface area contributed by atoms with E-state index in [-0.39, 0.29) is 17.4 Å². The monoisotopic (exact) mass is 1280 g/mol. The Kier molecular flexibility index (Phi) is 25.4. The van der Waals surface area contributed by atoms with Gasteiger partial charge in [0.25, 0.3) is 11.8 Å². The number of aryl methyl sites for hydroxylation is 6. The molecule has 0 aliphatic rings. The average Bonchev–Trinajstić information content (AvgIpc) is 2.04. The van der Waals surface area contributed by atoms with E-state index in [0.717, 1.165) is 116 Å². The SMILES string of the molecule is CCN(C)C=Nc1cc(C)c(Cc2nc(-c3ccc(C(=O)N(C)CC)cc3)cs2)cc1C.CCN(C)C=Nc1cc(C)c(Cc2nc(-c3ccc(C(=O)NC)cc3)cs2)cc1C.CCN(C)C=Nc1cc(C)c(Cc2nc(-c3ccc(C(=O)O)cc3)cs2)cc1C. The third-order valence-electron chi connectivity index (χ3n) is 15.7. The minimum absolute atomic E-state index is 0.0398. The van der Waals surface area contributed by atoms with Crippen molar-refractivity contribution in [1.29, 1.82) is 0 Å². The molecule has 0 aliphatic carbocycles. The summed E-state index contributed by atoms with van der Waals surface area (Å²) in [5, 5.41) is 21.0. The molecule has 474 valence electrons. The fraction of sp³-hybridized carbons (Fsp3) is 0.301. The van der Waals surface area contributed by atoms with Crippen LogP contribution in [0.3, 0.4) is 0 Å². The molecule has 9 rings (SSSR count). The number of carbonyl (C=O) groups is 3. The number of hydrogen-bond acceptors (Lipinski definition) is 12. The summed E-state index contributed by atoms with van der Waals surface area (Å²) in [7, 11) is 9.50. The number of carboxylic acids is 1. The molecule has 0 saturated carbocycles. The van der Waals surface area contributed by atoms with E-state index < -0.39 is 5.97 Å². The quantitative estimate of drug-likeness (QED) is 0.0491. The van der Waals surface area contributed by atoms with E-state index >= 15 is 0 Å². The van der Waals surface area contributed by atoms with Crippen molar-refractivity contribution in [1.82, 2.24) is 39.9 Å². The van der Waals surface area contributed by atoms with Gasteiger partial charge in [-0.1, -0.05) is 54.6 Å². The first kappa shape index (κ1) is 69.5. The summed E-state index contributed by atoms with van der Waals surface area (Å²) in [6, 6.07) is 35.2. The van der Waals surface area contributed by atoms with E-state index in [1.807, 2.05) is 113 Å². The van der Waals surface area contributed by atoms with Crippen LogP contribution in [-0.4, -0.2) is 138 Å². The maximum atomic E-state index is 12.3. The fourth-order valence-electron chi connectivity index (χ4n) is 9.23. The molecule has 2 amide bonds. The predicted octanol–water partition coefficient (Wildman–Crippen LogP) is 16.0. The lowest BCUT2D eigenvalue weighted by Crippen LogP contribution is -2.26. The summed E-state index contributed by atoms with van der Waals surface area (Å²) in [5.74, 6) is -0.964. The second-order valence-electron chi connectivity index (χ2n) is 22.5. The molecule has 18 heteroatoms. The Labute approximate surface area is 549 Å². The molecular weight excluding hydrogens is 1190 g/mol. The van der Waals surface area contributed by atoms with Gasteiger partial charge in [0.1, 0.15) is 0 Å². The summed E-state index contributed by atoms with van der Waals surface area (Å²) >= 11 is 4.96. The van der Waals surface area contributed by atoms with Crippen LogP contribution < -0.4 is 5.32 Å². The Morgan fingerprint density at radius 3 is 1.04 bits per heavy atom. The highest BCUT2D eigenvalue weighted by molar-refractivity contribution is 7.10. The molecular formula is C73H85N11O4S3. The van der Waals surface area contributed by atoms with Gasteiger partial charge in [-0.25, -0.2) is 34.7 Å². The van der Waals surface area contributed by atoms with Crippen molar-refractivity contribution in [3.63, 3.8) is 0 Å². The molecule has 0 saturated heterocycles. The zero-order valence-corrected chi connectivity index (χ0v) is 57.6. The lowest BCUT2D eigenvalue weighted by atomic mass is 10.0. The zero-order chi connectivity index (χ0) is 65.9. The second kappa shape index (κ2) is 33.2. The number of rotatable bonds is 22. The molecule has 6 aromatic carbocycles. The summed E-state index contributed by atoms with van der Waals surface area (Å²) in [6.07, 6.45) is 7.99. The van der Waals surface area contributed by atoms with Crippen LogP contribution in [0.5, 0.6) is 0 Å². The Balaban J connectivity index is 0.000000194. The molecule has 9 aromatic rings. The summed E-state index contributed by atoms with van der Waals surface area (Å²) in [4.78, 5) is 71.1. The minimum Gasteiger partial charge on any atom is -0.478 e. The van der Waals surface area contributed by atoms with Gasteiger partial charge in [0.05, 0.1) is 73.7 Å². The molecule has 0 bridgehead atoms. The Morgan fingerprint density at radius 2 is 0.758 bits per heavy atom. The number of hydrogen-bond donors (Lipinski definition) is 2. The lowest BCUT2D eigenvalue weighted by Gasteiger charge is -2.14. The van der Waals surface area contributed by atoms with E-state index in [1.54, 1.807) is 70.2 Å². The highest BCUT2D eigenvalue weighted by Gasteiger charge is 2.16. The Bertz CT molecular complexity index is 4010. The van der Waals surface area contributed by atoms with Crippen LogP contribution in [0.4, 0.5) is 17.1 Å². The molecule has 91 heavy (non-hydrogen) atoms. The van der Waals surface area contributed by atoms with Crippen LogP contribution in [0.2, 0.25) is 0 Å². The molecule has 0 radical (unpaired) electrons. The van der Waals surface area contributed by atoms with Gasteiger partial charge in [0, 0.05) is 125 Å². The van der Waals surface area contributed by atoms with E-state index in [0.29, 0.717) is 17.7 Å². The van der Waals surface area contributed by atoms with E-state index in [4.69, 9.17) is 20.1 Å². The van der Waals surface area contributed by atoms with E-state index in [1.165, 1.54) is 38.9 Å². The highest BCUT2D eigenvalue weighted by Crippen LogP contribution is 2.32. The van der Waals surface area contributed by atoms with Gasteiger partial charge in [-0.05, 0) is 174 Å². The topological polar surface area (TPSA) is 172 Å². The highest BCUT2D eigenvalue weighted by atomic mass is 32.1. The van der Waals surface area contributed by atoms with Crippen molar-refractivity contribution in [2.75, 3.05) is 61.4 Å². The number of aromatic carboxylic acids is 1. The van der Waals surface area contributed by atoms with Gasteiger partial charge in [-0.15, -0.1) is 34.0 Å². The number of carboxylic acid groups (broad SMARTS) is 1. The number of nitrogens with zero attached hydrogens (tertiary/aromatic N) is 10. The number of nitrogens with one attached hydrogen (secondary N) is 1. The lowest BCUT2D eigenvalue weighted by molar-refractivity contribution is 0.0695. The van der Waals surface area contributed by atoms with Crippen LogP contribution >= 0.6 is 34.0 Å². The van der Waals surface area contributed by atoms with Crippen LogP contribution in [0, 0.1) is 41.5 Å². The van der Waals surface area contributed by atoms with Gasteiger partial charge in [0.2, 0.25) is 0 Å². The standard InChI is InChI=1S/C26H32N4OS.C24H28N4OS.C23H25N3O2S/c1-7-29(5)17-27-23-14-18(3)22(13-19(23)4)15-25-28-24(16-32-25)20-9-11-21(12-10-20)26(31)30(6)8-2;1-6-28(5)15-26-21-12-16(2)20(11-17(21)3)13-23-27-22(14-30-23)18-7-9-19(10-8-18)24(29)25-4;1-5-26(4)14-24-20-11-15(2)19(10-16(20)3)12-22-25-21(13-29-22)17-6-8-18(9-7-17)23(27)28/h9-14,16-17H,7-8,15H2,1-6H3;7-12,14-15H,6,13H2,1-5H3,(H,25,29);6-11,13-14H,5,12H2,1-4H3,(H,27,28). The molecule has 2 N–H and O–H groups in total. The first-order valence-electron chi connectivity index (χ1n) is 30.5. The Morgan fingerprint density at radius 1 is 0.451 bits per heavy atom. The number of benzene rings is 6. The third kappa shape index (κ3) is 19.5. The van der Waals surface area contributed by atoms with Crippen LogP contribution in [0.1, 0.15) is 124 Å². The van der Waals surface area contributed by atoms with Crippen molar-refractivity contribution in [2.24, 2.45) is 15.0 Å². The molecule has 15 nitrogen and oxygen atoms in total. The fourth-order valence-corrected chi connectivity index (χ4v) is 11.7. The van der Waals surface area contributed by atoms with Crippen LogP contribution in [0.25, 0.3) is 33.8 Å². The van der Waals surface area contributed by atoms with Gasteiger partial charge >= 0.3 is 5.97 Å². The number of aromatic nitrogens is 3. The summed E-state index contributed by atoms with van der Waals surface area (Å²) in [6.45, 7) is 24.4. The van der Waals surface area contributed by atoms with Crippen LogP contribution in [-0.2, 0) is 19.3 Å². The molecule has 3 aromatic heterocycles. The van der Waals surface area contributed by atoms with Gasteiger partial charge in [-0.3, -0.25) is 9.59 Å².